The lowest BCUT2D eigenvalue weighted by molar-refractivity contribution is -0.121. The molecule has 2 heterocycles. The topological polar surface area (TPSA) is 66.8 Å². The predicted molar refractivity (Wildman–Crippen MR) is 104 cm³/mol. The fourth-order valence-corrected chi connectivity index (χ4v) is 7.15. The third-order valence-electron chi connectivity index (χ3n) is 4.74. The Balaban J connectivity index is 2.05. The number of hydrogen-bond acceptors (Lipinski definition) is 4. The molecule has 1 aromatic rings. The van der Waals surface area contributed by atoms with Crippen LogP contribution in [0.5, 0.6) is 0 Å². The van der Waals surface area contributed by atoms with Crippen molar-refractivity contribution < 1.29 is 13.2 Å². The van der Waals surface area contributed by atoms with Crippen LogP contribution in [0.1, 0.15) is 25.8 Å². The number of fused-ring (bicyclic) bond motifs is 1. The Bertz CT molecular complexity index is 838. The fraction of sp³-hybridized carbons (Fsp3) is 0.529. The minimum absolute atomic E-state index is 0.0765. The standard InChI is InChI=1S/C17H21ClN2O3S2/c1-4-10(2)16(21)19-17-20(13-7-12(18)6-5-11(13)3)14-8-25(22,23)9-15(14)24-17/h5-7,10,14-15H,4,8-9H2,1-3H3/t10-,14+,15-/m0/s1. The third kappa shape index (κ3) is 3.73. The summed E-state index contributed by atoms with van der Waals surface area (Å²) in [4.78, 5) is 18.6. The maximum atomic E-state index is 12.3. The Morgan fingerprint density at radius 1 is 1.44 bits per heavy atom. The van der Waals surface area contributed by atoms with Gasteiger partial charge in [0, 0.05) is 21.9 Å². The summed E-state index contributed by atoms with van der Waals surface area (Å²) in [6.45, 7) is 5.75. The molecule has 0 unspecified atom stereocenters. The van der Waals surface area contributed by atoms with E-state index in [0.717, 1.165) is 17.7 Å². The van der Waals surface area contributed by atoms with E-state index in [9.17, 15) is 13.2 Å². The molecule has 0 aromatic heterocycles. The van der Waals surface area contributed by atoms with Crippen LogP contribution in [-0.4, -0.2) is 42.3 Å². The molecule has 0 radical (unpaired) electrons. The SMILES string of the molecule is CC[C@H](C)C(=O)N=C1S[C@H]2CS(=O)(=O)C[C@H]2N1c1cc(Cl)ccc1C. The lowest BCUT2D eigenvalue weighted by atomic mass is 10.1. The summed E-state index contributed by atoms with van der Waals surface area (Å²) in [5.74, 6) is -0.126. The van der Waals surface area contributed by atoms with Gasteiger partial charge in [-0.25, -0.2) is 8.42 Å². The van der Waals surface area contributed by atoms with E-state index in [-0.39, 0.29) is 34.6 Å². The van der Waals surface area contributed by atoms with Gasteiger partial charge < -0.3 is 4.90 Å². The van der Waals surface area contributed by atoms with Gasteiger partial charge in [-0.15, -0.1) is 0 Å². The second-order valence-electron chi connectivity index (χ2n) is 6.64. The number of amides is 1. The van der Waals surface area contributed by atoms with Crippen LogP contribution in [-0.2, 0) is 14.6 Å². The zero-order valence-corrected chi connectivity index (χ0v) is 16.8. The molecule has 2 aliphatic rings. The van der Waals surface area contributed by atoms with Gasteiger partial charge in [0.15, 0.2) is 15.0 Å². The molecule has 0 N–H and O–H groups in total. The third-order valence-corrected chi connectivity index (χ3v) is 8.18. The number of rotatable bonds is 3. The molecule has 3 rings (SSSR count). The Labute approximate surface area is 157 Å². The Hall–Kier alpha value is -1.05. The van der Waals surface area contributed by atoms with E-state index in [1.165, 1.54) is 11.8 Å². The van der Waals surface area contributed by atoms with Crippen LogP contribution in [0.2, 0.25) is 5.02 Å². The largest absolute Gasteiger partial charge is 0.315 e. The highest BCUT2D eigenvalue weighted by molar-refractivity contribution is 8.16. The summed E-state index contributed by atoms with van der Waals surface area (Å²) in [7, 11) is -3.08. The van der Waals surface area contributed by atoms with Crippen molar-refractivity contribution in [3.05, 3.63) is 28.8 Å². The number of thioether (sulfide) groups is 1. The molecule has 0 aliphatic carbocycles. The highest BCUT2D eigenvalue weighted by atomic mass is 35.5. The summed E-state index contributed by atoms with van der Waals surface area (Å²) in [6.07, 6.45) is 0.720. The van der Waals surface area contributed by atoms with Crippen LogP contribution in [0.3, 0.4) is 0 Å². The summed E-state index contributed by atoms with van der Waals surface area (Å²) in [5.41, 5.74) is 1.79. The second-order valence-corrected chi connectivity index (χ2v) is 10.4. The van der Waals surface area contributed by atoms with E-state index in [0.29, 0.717) is 10.2 Å². The molecular weight excluding hydrogens is 380 g/mol. The number of aryl methyl sites for hydroxylation is 1. The number of carbonyl (C=O) groups excluding carboxylic acids is 1. The van der Waals surface area contributed by atoms with Crippen molar-refractivity contribution in [2.75, 3.05) is 16.4 Å². The molecule has 8 heteroatoms. The summed E-state index contributed by atoms with van der Waals surface area (Å²) in [6, 6.07) is 5.30. The lowest BCUT2D eigenvalue weighted by Gasteiger charge is -2.26. The van der Waals surface area contributed by atoms with Crippen LogP contribution in [0.4, 0.5) is 5.69 Å². The number of benzene rings is 1. The number of sulfone groups is 1. The van der Waals surface area contributed by atoms with Crippen molar-refractivity contribution in [1.29, 1.82) is 0 Å². The van der Waals surface area contributed by atoms with Gasteiger partial charge in [0.1, 0.15) is 0 Å². The van der Waals surface area contributed by atoms with Crippen LogP contribution in [0, 0.1) is 12.8 Å². The van der Waals surface area contributed by atoms with Crippen molar-refractivity contribution in [3.63, 3.8) is 0 Å². The maximum absolute atomic E-state index is 12.3. The van der Waals surface area contributed by atoms with Crippen LogP contribution in [0.15, 0.2) is 23.2 Å². The zero-order valence-electron chi connectivity index (χ0n) is 14.4. The molecule has 0 saturated carbocycles. The van der Waals surface area contributed by atoms with Crippen molar-refractivity contribution in [1.82, 2.24) is 0 Å². The van der Waals surface area contributed by atoms with Crippen LogP contribution in [0.25, 0.3) is 0 Å². The van der Waals surface area contributed by atoms with Gasteiger partial charge in [0.25, 0.3) is 5.91 Å². The highest BCUT2D eigenvalue weighted by Gasteiger charge is 2.49. The van der Waals surface area contributed by atoms with E-state index >= 15 is 0 Å². The minimum Gasteiger partial charge on any atom is -0.315 e. The molecule has 2 saturated heterocycles. The first-order valence-corrected chi connectivity index (χ1v) is 11.3. The van der Waals surface area contributed by atoms with Crippen molar-refractivity contribution >= 4 is 50.0 Å². The molecule has 2 aliphatic heterocycles. The average Bonchev–Trinajstić information content (AvgIpc) is 3.00. The summed E-state index contributed by atoms with van der Waals surface area (Å²) >= 11 is 7.55. The number of carbonyl (C=O) groups is 1. The molecule has 136 valence electrons. The molecule has 0 spiro atoms. The molecule has 25 heavy (non-hydrogen) atoms. The lowest BCUT2D eigenvalue weighted by Crippen LogP contribution is -2.38. The van der Waals surface area contributed by atoms with E-state index in [2.05, 4.69) is 4.99 Å². The number of amidine groups is 1. The molecule has 3 atom stereocenters. The molecule has 1 aromatic carbocycles. The number of anilines is 1. The zero-order chi connectivity index (χ0) is 18.4. The van der Waals surface area contributed by atoms with Gasteiger partial charge in [0.2, 0.25) is 0 Å². The molecule has 1 amide bonds. The predicted octanol–water partition coefficient (Wildman–Crippen LogP) is 3.30. The summed E-state index contributed by atoms with van der Waals surface area (Å²) in [5, 5.41) is 1.05. The minimum atomic E-state index is -3.08. The van der Waals surface area contributed by atoms with Crippen LogP contribution < -0.4 is 4.90 Å². The van der Waals surface area contributed by atoms with E-state index in [4.69, 9.17) is 11.6 Å². The molecular formula is C17H21ClN2O3S2. The van der Waals surface area contributed by atoms with Crippen LogP contribution >= 0.6 is 23.4 Å². The van der Waals surface area contributed by atoms with E-state index < -0.39 is 9.84 Å². The number of hydrogen-bond donors (Lipinski definition) is 0. The normalized spacial score (nSPS) is 27.5. The van der Waals surface area contributed by atoms with Gasteiger partial charge >= 0.3 is 0 Å². The van der Waals surface area contributed by atoms with E-state index in [1.54, 1.807) is 6.07 Å². The first kappa shape index (κ1) is 18.7. The average molecular weight is 401 g/mol. The first-order valence-electron chi connectivity index (χ1n) is 8.27. The Kier molecular flexibility index (Phi) is 5.19. The molecule has 5 nitrogen and oxygen atoms in total. The van der Waals surface area contributed by atoms with Gasteiger partial charge in [-0.1, -0.05) is 43.3 Å². The molecule has 2 fully saturated rings. The second kappa shape index (κ2) is 6.93. The first-order chi connectivity index (χ1) is 11.7. The van der Waals surface area contributed by atoms with Crippen molar-refractivity contribution in [3.8, 4) is 0 Å². The van der Waals surface area contributed by atoms with Gasteiger partial charge in [-0.3, -0.25) is 4.79 Å². The van der Waals surface area contributed by atoms with Gasteiger partial charge in [-0.2, -0.15) is 4.99 Å². The van der Waals surface area contributed by atoms with E-state index in [1.807, 2.05) is 37.8 Å². The van der Waals surface area contributed by atoms with Crippen molar-refractivity contribution in [2.24, 2.45) is 10.9 Å². The fourth-order valence-electron chi connectivity index (χ4n) is 3.07. The number of halogens is 1. The quantitative estimate of drug-likeness (QED) is 0.778. The van der Waals surface area contributed by atoms with Crippen molar-refractivity contribution in [2.45, 2.75) is 38.5 Å². The Morgan fingerprint density at radius 2 is 2.16 bits per heavy atom. The molecule has 0 bridgehead atoms. The van der Waals surface area contributed by atoms with Gasteiger partial charge in [0.05, 0.1) is 17.5 Å². The smallest absolute Gasteiger partial charge is 0.250 e. The Morgan fingerprint density at radius 3 is 2.84 bits per heavy atom. The summed E-state index contributed by atoms with van der Waals surface area (Å²) < 4.78 is 24.2. The number of nitrogens with zero attached hydrogens (tertiary/aromatic N) is 2. The highest BCUT2D eigenvalue weighted by Crippen LogP contribution is 2.42. The monoisotopic (exact) mass is 400 g/mol. The number of aliphatic imine (C=N–C) groups is 1. The maximum Gasteiger partial charge on any atom is 0.250 e. The van der Waals surface area contributed by atoms with Gasteiger partial charge in [-0.05, 0) is 31.0 Å².